The topological polar surface area (TPSA) is 85.1 Å². The van der Waals surface area contributed by atoms with Crippen LogP contribution in [0.4, 0.5) is 0 Å². The van der Waals surface area contributed by atoms with E-state index in [1.807, 2.05) is 0 Å². The van der Waals surface area contributed by atoms with Gasteiger partial charge >= 0.3 is 0 Å². The lowest BCUT2D eigenvalue weighted by atomic mass is 9.81. The minimum absolute atomic E-state index is 0.207. The fourth-order valence-electron chi connectivity index (χ4n) is 1.77. The van der Waals surface area contributed by atoms with E-state index in [9.17, 15) is 8.42 Å². The minimum Gasteiger partial charge on any atom is -0.328 e. The van der Waals surface area contributed by atoms with Crippen LogP contribution in [0.15, 0.2) is 29.4 Å². The summed E-state index contributed by atoms with van der Waals surface area (Å²) in [5, 5.41) is 0. The molecule has 88 valence electrons. The summed E-state index contributed by atoms with van der Waals surface area (Å²) in [5.74, 6) is 0.376. The van der Waals surface area contributed by atoms with E-state index in [1.165, 1.54) is 12.3 Å². The van der Waals surface area contributed by atoms with E-state index in [-0.39, 0.29) is 10.9 Å². The molecule has 0 amide bonds. The number of sulfonamides is 1. The Kier molecular flexibility index (Phi) is 3.22. The van der Waals surface area contributed by atoms with Gasteiger partial charge in [0.25, 0.3) is 0 Å². The largest absolute Gasteiger partial charge is 0.328 e. The lowest BCUT2D eigenvalue weighted by molar-refractivity contribution is 0.267. The highest BCUT2D eigenvalue weighted by molar-refractivity contribution is 7.89. The maximum Gasteiger partial charge on any atom is 0.242 e. The highest BCUT2D eigenvalue weighted by Gasteiger charge is 2.27. The summed E-state index contributed by atoms with van der Waals surface area (Å²) in [6.07, 6.45) is 4.68. The van der Waals surface area contributed by atoms with Crippen molar-refractivity contribution in [2.24, 2.45) is 11.7 Å². The van der Waals surface area contributed by atoms with Crippen molar-refractivity contribution in [3.8, 4) is 0 Å². The van der Waals surface area contributed by atoms with Crippen molar-refractivity contribution < 1.29 is 8.42 Å². The molecule has 1 aromatic heterocycles. The number of nitrogens with two attached hydrogens (primary N) is 1. The molecule has 1 aliphatic rings. The minimum atomic E-state index is -3.40. The zero-order chi connectivity index (χ0) is 11.6. The predicted octanol–water partition coefficient (Wildman–Crippen LogP) is 0.0972. The van der Waals surface area contributed by atoms with Crippen LogP contribution in [0, 0.1) is 5.92 Å². The Balaban J connectivity index is 1.94. The number of hydrogen-bond donors (Lipinski definition) is 2. The molecular weight excluding hydrogens is 226 g/mol. The SMILES string of the molecule is NC1CC(CNS(=O)(=O)c2cccnc2)C1. The third kappa shape index (κ3) is 2.58. The van der Waals surface area contributed by atoms with Crippen molar-refractivity contribution in [3.63, 3.8) is 0 Å². The van der Waals surface area contributed by atoms with Crippen molar-refractivity contribution in [2.45, 2.75) is 23.8 Å². The van der Waals surface area contributed by atoms with Crippen molar-refractivity contribution in [1.82, 2.24) is 9.71 Å². The first kappa shape index (κ1) is 11.5. The molecule has 0 aromatic carbocycles. The lowest BCUT2D eigenvalue weighted by Crippen LogP contribution is -2.42. The first-order chi connectivity index (χ1) is 7.58. The molecule has 0 saturated heterocycles. The third-order valence-electron chi connectivity index (χ3n) is 2.78. The summed E-state index contributed by atoms with van der Waals surface area (Å²) < 4.78 is 26.1. The molecule has 5 nitrogen and oxygen atoms in total. The summed E-state index contributed by atoms with van der Waals surface area (Å²) in [6.45, 7) is 0.463. The van der Waals surface area contributed by atoms with Crippen LogP contribution in [-0.4, -0.2) is 26.0 Å². The normalized spacial score (nSPS) is 25.1. The Labute approximate surface area is 95.1 Å². The Morgan fingerprint density at radius 3 is 2.81 bits per heavy atom. The van der Waals surface area contributed by atoms with Crippen LogP contribution < -0.4 is 10.5 Å². The molecule has 1 fully saturated rings. The molecule has 6 heteroatoms. The molecule has 0 aliphatic heterocycles. The number of hydrogen-bond acceptors (Lipinski definition) is 4. The Hall–Kier alpha value is -0.980. The summed E-state index contributed by atoms with van der Waals surface area (Å²) in [5.41, 5.74) is 5.63. The van der Waals surface area contributed by atoms with Crippen molar-refractivity contribution in [1.29, 1.82) is 0 Å². The van der Waals surface area contributed by atoms with Crippen LogP contribution in [0.3, 0.4) is 0 Å². The van der Waals surface area contributed by atoms with Gasteiger partial charge in [0.2, 0.25) is 10.0 Å². The van der Waals surface area contributed by atoms with Crippen molar-refractivity contribution in [3.05, 3.63) is 24.5 Å². The van der Waals surface area contributed by atoms with E-state index < -0.39 is 10.0 Å². The zero-order valence-corrected chi connectivity index (χ0v) is 9.65. The molecule has 1 aliphatic carbocycles. The smallest absolute Gasteiger partial charge is 0.242 e. The average molecular weight is 241 g/mol. The highest BCUT2D eigenvalue weighted by atomic mass is 32.2. The molecule has 0 radical (unpaired) electrons. The van der Waals surface area contributed by atoms with Gasteiger partial charge in [-0.15, -0.1) is 0 Å². The van der Waals surface area contributed by atoms with Gasteiger partial charge in [0.15, 0.2) is 0 Å². The van der Waals surface area contributed by atoms with Crippen LogP contribution in [0.1, 0.15) is 12.8 Å². The maximum absolute atomic E-state index is 11.8. The van der Waals surface area contributed by atoms with Gasteiger partial charge in [-0.1, -0.05) is 0 Å². The van der Waals surface area contributed by atoms with E-state index in [1.54, 1.807) is 12.3 Å². The van der Waals surface area contributed by atoms with Crippen molar-refractivity contribution in [2.75, 3.05) is 6.54 Å². The standard InChI is InChI=1S/C10H15N3O2S/c11-9-4-8(5-9)6-13-16(14,15)10-2-1-3-12-7-10/h1-3,7-9,13H,4-6,11H2. The van der Waals surface area contributed by atoms with E-state index in [4.69, 9.17) is 5.73 Å². The molecule has 16 heavy (non-hydrogen) atoms. The fraction of sp³-hybridized carbons (Fsp3) is 0.500. The maximum atomic E-state index is 11.8. The first-order valence-electron chi connectivity index (χ1n) is 5.23. The van der Waals surface area contributed by atoms with Crippen molar-refractivity contribution >= 4 is 10.0 Å². The van der Waals surface area contributed by atoms with E-state index in [0.29, 0.717) is 12.5 Å². The van der Waals surface area contributed by atoms with Crippen LogP contribution >= 0.6 is 0 Å². The Morgan fingerprint density at radius 2 is 2.25 bits per heavy atom. The number of pyridine rings is 1. The zero-order valence-electron chi connectivity index (χ0n) is 8.83. The highest BCUT2D eigenvalue weighted by Crippen LogP contribution is 2.24. The quantitative estimate of drug-likeness (QED) is 0.782. The molecule has 2 rings (SSSR count). The average Bonchev–Trinajstić information content (AvgIpc) is 2.24. The Morgan fingerprint density at radius 1 is 1.50 bits per heavy atom. The summed E-state index contributed by atoms with van der Waals surface area (Å²) in [7, 11) is -3.40. The fourth-order valence-corrected chi connectivity index (χ4v) is 2.85. The predicted molar refractivity (Wildman–Crippen MR) is 60.1 cm³/mol. The molecule has 0 bridgehead atoms. The summed E-state index contributed by atoms with van der Waals surface area (Å²) >= 11 is 0. The van der Waals surface area contributed by atoms with Crippen LogP contribution in [0.2, 0.25) is 0 Å². The molecule has 0 spiro atoms. The lowest BCUT2D eigenvalue weighted by Gasteiger charge is -2.32. The second-order valence-electron chi connectivity index (χ2n) is 4.14. The summed E-state index contributed by atoms with van der Waals surface area (Å²) in [6, 6.07) is 3.38. The number of nitrogens with zero attached hydrogens (tertiary/aromatic N) is 1. The number of nitrogens with one attached hydrogen (secondary N) is 1. The monoisotopic (exact) mass is 241 g/mol. The summed E-state index contributed by atoms with van der Waals surface area (Å²) in [4.78, 5) is 3.99. The second kappa shape index (κ2) is 4.48. The van der Waals surface area contributed by atoms with Crippen LogP contribution in [0.25, 0.3) is 0 Å². The van der Waals surface area contributed by atoms with Gasteiger partial charge < -0.3 is 5.73 Å². The third-order valence-corrected chi connectivity index (χ3v) is 4.19. The van der Waals surface area contributed by atoms with Gasteiger partial charge in [-0.2, -0.15) is 0 Å². The second-order valence-corrected chi connectivity index (χ2v) is 5.91. The molecule has 1 aromatic rings. The van der Waals surface area contributed by atoms with Gasteiger partial charge in [-0.3, -0.25) is 4.98 Å². The molecular formula is C10H15N3O2S. The van der Waals surface area contributed by atoms with Crippen LogP contribution in [-0.2, 0) is 10.0 Å². The van der Waals surface area contributed by atoms with E-state index in [0.717, 1.165) is 12.8 Å². The molecule has 3 N–H and O–H groups in total. The van der Waals surface area contributed by atoms with Gasteiger partial charge in [-0.05, 0) is 30.9 Å². The molecule has 0 atom stereocenters. The van der Waals surface area contributed by atoms with Gasteiger partial charge in [-0.25, -0.2) is 13.1 Å². The first-order valence-corrected chi connectivity index (χ1v) is 6.71. The van der Waals surface area contributed by atoms with Gasteiger partial charge in [0, 0.05) is 25.0 Å². The van der Waals surface area contributed by atoms with Gasteiger partial charge in [0.05, 0.1) is 0 Å². The van der Waals surface area contributed by atoms with Gasteiger partial charge in [0.1, 0.15) is 4.90 Å². The molecule has 1 saturated carbocycles. The molecule has 0 unspecified atom stereocenters. The number of rotatable bonds is 4. The van der Waals surface area contributed by atoms with E-state index in [2.05, 4.69) is 9.71 Å². The molecule has 1 heterocycles. The number of aromatic nitrogens is 1. The Bertz CT molecular complexity index is 440. The van der Waals surface area contributed by atoms with Crippen LogP contribution in [0.5, 0.6) is 0 Å². The van der Waals surface area contributed by atoms with E-state index >= 15 is 0 Å².